The Hall–Kier alpha value is -4.98. The van der Waals surface area contributed by atoms with Gasteiger partial charge in [0.25, 0.3) is 11.8 Å². The fourth-order valence-electron chi connectivity index (χ4n) is 6.66. The average molecular weight is 573 g/mol. The monoisotopic (exact) mass is 572 g/mol. The van der Waals surface area contributed by atoms with Gasteiger partial charge in [0.2, 0.25) is 11.8 Å². The van der Waals surface area contributed by atoms with Gasteiger partial charge in [-0.3, -0.25) is 24.1 Å². The van der Waals surface area contributed by atoms with E-state index >= 15 is 0 Å². The maximum absolute atomic E-state index is 13.7. The quantitative estimate of drug-likeness (QED) is 0.322. The molecule has 0 spiro atoms. The third kappa shape index (κ3) is 4.92. The standard InChI is InChI=1S/C35H32N4O4/c40-31-20-27(24-8-2-1-3-9-24)21-38(31)23-32(41)37-18-16-36(17-19-37)30-15-7-14-29-33(30)35(43)39(34(29)42)22-26-12-6-11-25-10-4-5-13-28(25)26/h1-15,27H,16-23H2/t27-/m1/s1. The minimum absolute atomic E-state index is 0.0110. The van der Waals surface area contributed by atoms with Crippen LogP contribution in [0.15, 0.2) is 91.0 Å². The smallest absolute Gasteiger partial charge is 0.263 e. The summed E-state index contributed by atoms with van der Waals surface area (Å²) in [5.41, 5.74) is 3.62. The molecule has 216 valence electrons. The van der Waals surface area contributed by atoms with Crippen LogP contribution in [-0.4, -0.2) is 77.6 Å². The molecule has 2 saturated heterocycles. The van der Waals surface area contributed by atoms with Gasteiger partial charge < -0.3 is 14.7 Å². The van der Waals surface area contributed by atoms with Gasteiger partial charge in [0.15, 0.2) is 0 Å². The topological polar surface area (TPSA) is 81.2 Å². The molecule has 2 fully saturated rings. The Balaban J connectivity index is 1.01. The van der Waals surface area contributed by atoms with Gasteiger partial charge in [-0.1, -0.05) is 78.9 Å². The van der Waals surface area contributed by atoms with E-state index in [0.29, 0.717) is 50.3 Å². The number of carbonyl (C=O) groups excluding carboxylic acids is 4. The summed E-state index contributed by atoms with van der Waals surface area (Å²) in [5, 5.41) is 2.09. The van der Waals surface area contributed by atoms with Crippen LogP contribution < -0.4 is 4.90 Å². The number of piperazine rings is 1. The Labute approximate surface area is 250 Å². The molecule has 4 amide bonds. The lowest BCUT2D eigenvalue weighted by Crippen LogP contribution is -2.51. The van der Waals surface area contributed by atoms with Crippen molar-refractivity contribution in [3.05, 3.63) is 113 Å². The van der Waals surface area contributed by atoms with Gasteiger partial charge in [-0.15, -0.1) is 0 Å². The molecule has 0 saturated carbocycles. The molecular formula is C35H32N4O4. The highest BCUT2D eigenvalue weighted by Gasteiger charge is 2.39. The second kappa shape index (κ2) is 11.0. The molecule has 3 aliphatic heterocycles. The van der Waals surface area contributed by atoms with E-state index in [4.69, 9.17) is 0 Å². The molecular weight excluding hydrogens is 540 g/mol. The van der Waals surface area contributed by atoms with Gasteiger partial charge in [0, 0.05) is 45.1 Å². The summed E-state index contributed by atoms with van der Waals surface area (Å²) >= 11 is 0. The van der Waals surface area contributed by atoms with Gasteiger partial charge in [-0.2, -0.15) is 0 Å². The van der Waals surface area contributed by atoms with Gasteiger partial charge in [-0.05, 0) is 34.0 Å². The number of nitrogens with zero attached hydrogens (tertiary/aromatic N) is 4. The molecule has 8 heteroatoms. The molecule has 0 radical (unpaired) electrons. The Morgan fingerprint density at radius 2 is 1.47 bits per heavy atom. The van der Waals surface area contributed by atoms with E-state index in [2.05, 4.69) is 4.90 Å². The third-order valence-corrected chi connectivity index (χ3v) is 8.97. The second-order valence-corrected chi connectivity index (χ2v) is 11.5. The van der Waals surface area contributed by atoms with Crippen LogP contribution in [0.25, 0.3) is 10.8 Å². The van der Waals surface area contributed by atoms with Gasteiger partial charge >= 0.3 is 0 Å². The molecule has 0 N–H and O–H groups in total. The zero-order valence-electron chi connectivity index (χ0n) is 23.8. The molecule has 3 heterocycles. The van der Waals surface area contributed by atoms with Crippen molar-refractivity contribution in [2.75, 3.05) is 44.2 Å². The summed E-state index contributed by atoms with van der Waals surface area (Å²) in [4.78, 5) is 59.9. The van der Waals surface area contributed by atoms with Crippen molar-refractivity contribution in [3.63, 3.8) is 0 Å². The number of rotatable bonds is 6. The number of carbonyl (C=O) groups is 4. The van der Waals surface area contributed by atoms with Gasteiger partial charge in [0.1, 0.15) is 0 Å². The zero-order valence-corrected chi connectivity index (χ0v) is 23.8. The normalized spacial score (nSPS) is 18.6. The Bertz CT molecular complexity index is 1740. The fourth-order valence-corrected chi connectivity index (χ4v) is 6.66. The number of imide groups is 1. The number of hydrogen-bond acceptors (Lipinski definition) is 5. The lowest BCUT2D eigenvalue weighted by atomic mass is 9.99. The van der Waals surface area contributed by atoms with E-state index in [9.17, 15) is 19.2 Å². The van der Waals surface area contributed by atoms with E-state index < -0.39 is 0 Å². The Morgan fingerprint density at radius 3 is 2.28 bits per heavy atom. The number of likely N-dealkylation sites (tertiary alicyclic amines) is 1. The van der Waals surface area contributed by atoms with Crippen molar-refractivity contribution in [2.24, 2.45) is 0 Å². The SMILES string of the molecule is O=C(CN1C[C@H](c2ccccc2)CC1=O)N1CCN(c2cccc3c2C(=O)N(Cc2cccc4ccccc24)C3=O)CC1. The minimum Gasteiger partial charge on any atom is -0.367 e. The number of benzene rings is 4. The van der Waals surface area contributed by atoms with E-state index in [1.807, 2.05) is 84.9 Å². The summed E-state index contributed by atoms with van der Waals surface area (Å²) in [6, 6.07) is 29.3. The lowest BCUT2D eigenvalue weighted by Gasteiger charge is -2.37. The highest BCUT2D eigenvalue weighted by Crippen LogP contribution is 2.34. The molecule has 4 aromatic rings. The molecule has 3 aliphatic rings. The lowest BCUT2D eigenvalue weighted by molar-refractivity contribution is -0.138. The van der Waals surface area contributed by atoms with E-state index in [0.717, 1.165) is 27.6 Å². The number of fused-ring (bicyclic) bond motifs is 2. The predicted molar refractivity (Wildman–Crippen MR) is 164 cm³/mol. The van der Waals surface area contributed by atoms with Crippen LogP contribution in [0.5, 0.6) is 0 Å². The van der Waals surface area contributed by atoms with Crippen molar-refractivity contribution in [1.29, 1.82) is 0 Å². The van der Waals surface area contributed by atoms with Gasteiger partial charge in [0.05, 0.1) is 29.9 Å². The molecule has 0 aliphatic carbocycles. The van der Waals surface area contributed by atoms with Crippen molar-refractivity contribution in [3.8, 4) is 0 Å². The molecule has 1 atom stereocenters. The van der Waals surface area contributed by atoms with Crippen LogP contribution in [0.1, 0.15) is 44.2 Å². The minimum atomic E-state index is -0.289. The van der Waals surface area contributed by atoms with E-state index in [-0.39, 0.29) is 42.6 Å². The van der Waals surface area contributed by atoms with Crippen molar-refractivity contribution in [2.45, 2.75) is 18.9 Å². The van der Waals surface area contributed by atoms with Crippen molar-refractivity contribution < 1.29 is 19.2 Å². The molecule has 0 aromatic heterocycles. The predicted octanol–water partition coefficient (Wildman–Crippen LogP) is 4.30. The summed E-state index contributed by atoms with van der Waals surface area (Å²) in [7, 11) is 0. The first-order valence-electron chi connectivity index (χ1n) is 14.8. The third-order valence-electron chi connectivity index (χ3n) is 8.97. The number of amides is 4. The number of anilines is 1. The summed E-state index contributed by atoms with van der Waals surface area (Å²) in [6.45, 7) is 2.87. The molecule has 8 nitrogen and oxygen atoms in total. The molecule has 43 heavy (non-hydrogen) atoms. The van der Waals surface area contributed by atoms with Crippen LogP contribution in [0.4, 0.5) is 5.69 Å². The Morgan fingerprint density at radius 1 is 0.744 bits per heavy atom. The first-order valence-corrected chi connectivity index (χ1v) is 14.8. The van der Waals surface area contributed by atoms with Crippen LogP contribution in [0.2, 0.25) is 0 Å². The van der Waals surface area contributed by atoms with Crippen LogP contribution >= 0.6 is 0 Å². The molecule has 0 unspecified atom stereocenters. The van der Waals surface area contributed by atoms with Crippen LogP contribution in [0.3, 0.4) is 0 Å². The molecule has 0 bridgehead atoms. The first-order chi connectivity index (χ1) is 21.0. The highest BCUT2D eigenvalue weighted by atomic mass is 16.2. The van der Waals surface area contributed by atoms with Crippen molar-refractivity contribution in [1.82, 2.24) is 14.7 Å². The van der Waals surface area contributed by atoms with Crippen molar-refractivity contribution >= 4 is 40.1 Å². The Kier molecular flexibility index (Phi) is 6.89. The maximum Gasteiger partial charge on any atom is 0.263 e. The maximum atomic E-state index is 13.7. The molecule has 4 aromatic carbocycles. The van der Waals surface area contributed by atoms with E-state index in [1.54, 1.807) is 15.9 Å². The summed E-state index contributed by atoms with van der Waals surface area (Å²) < 4.78 is 0. The zero-order chi connectivity index (χ0) is 29.5. The van der Waals surface area contributed by atoms with Crippen LogP contribution in [-0.2, 0) is 16.1 Å². The number of hydrogen-bond donors (Lipinski definition) is 0. The largest absolute Gasteiger partial charge is 0.367 e. The van der Waals surface area contributed by atoms with Gasteiger partial charge in [-0.25, -0.2) is 0 Å². The summed E-state index contributed by atoms with van der Waals surface area (Å²) in [6.07, 6.45) is 0.425. The average Bonchev–Trinajstić information content (AvgIpc) is 3.53. The second-order valence-electron chi connectivity index (χ2n) is 11.5. The molecule has 7 rings (SSSR count). The van der Waals surface area contributed by atoms with E-state index in [1.165, 1.54) is 4.90 Å². The highest BCUT2D eigenvalue weighted by molar-refractivity contribution is 6.23. The van der Waals surface area contributed by atoms with Crippen LogP contribution in [0, 0.1) is 0 Å². The fraction of sp³-hybridized carbons (Fsp3) is 0.257. The first kappa shape index (κ1) is 26.9. The summed E-state index contributed by atoms with van der Waals surface area (Å²) in [5.74, 6) is -0.515.